The molecule has 1 atom stereocenters. The van der Waals surface area contributed by atoms with Crippen molar-refractivity contribution in [3.8, 4) is 5.75 Å². The highest BCUT2D eigenvalue weighted by atomic mass is 16.5. The summed E-state index contributed by atoms with van der Waals surface area (Å²) in [5.74, 6) is 0.472. The largest absolute Gasteiger partial charge is 0.497 e. The van der Waals surface area contributed by atoms with E-state index in [1.165, 1.54) is 0 Å². The summed E-state index contributed by atoms with van der Waals surface area (Å²) in [6.45, 7) is 6.56. The Morgan fingerprint density at radius 3 is 2.23 bits per heavy atom. The van der Waals surface area contributed by atoms with Gasteiger partial charge in [-0.2, -0.15) is 0 Å². The molecular formula is C24H35N3O4. The highest BCUT2D eigenvalue weighted by Crippen LogP contribution is 2.25. The van der Waals surface area contributed by atoms with Gasteiger partial charge in [0.1, 0.15) is 11.8 Å². The summed E-state index contributed by atoms with van der Waals surface area (Å²) in [7, 11) is 1.56. The van der Waals surface area contributed by atoms with Gasteiger partial charge in [-0.15, -0.1) is 0 Å². The third kappa shape index (κ3) is 5.77. The number of benzene rings is 1. The molecule has 2 fully saturated rings. The SMILES string of the molecule is COc1cccc(C(=O)N[C@@H](C(=O)N2CCCCC2)C2CCN(C(=O)C(C)C)CC2)c1. The highest BCUT2D eigenvalue weighted by Gasteiger charge is 2.36. The number of piperidine rings is 2. The Hall–Kier alpha value is -2.57. The van der Waals surface area contributed by atoms with Crippen LogP contribution in [-0.4, -0.2) is 66.9 Å². The maximum absolute atomic E-state index is 13.4. The van der Waals surface area contributed by atoms with E-state index in [0.29, 0.717) is 37.2 Å². The number of hydrogen-bond donors (Lipinski definition) is 1. The summed E-state index contributed by atoms with van der Waals surface area (Å²) in [5, 5.41) is 3.03. The number of nitrogens with zero attached hydrogens (tertiary/aromatic N) is 2. The van der Waals surface area contributed by atoms with E-state index < -0.39 is 6.04 Å². The van der Waals surface area contributed by atoms with Crippen molar-refractivity contribution in [2.75, 3.05) is 33.3 Å². The van der Waals surface area contributed by atoms with Gasteiger partial charge in [0.25, 0.3) is 5.91 Å². The number of likely N-dealkylation sites (tertiary alicyclic amines) is 2. The Labute approximate surface area is 185 Å². The molecule has 0 radical (unpaired) electrons. The van der Waals surface area contributed by atoms with E-state index in [2.05, 4.69) is 5.32 Å². The van der Waals surface area contributed by atoms with Crippen LogP contribution < -0.4 is 10.1 Å². The Balaban J connectivity index is 1.74. The van der Waals surface area contributed by atoms with Crippen LogP contribution in [0.3, 0.4) is 0 Å². The summed E-state index contributed by atoms with van der Waals surface area (Å²) in [5.41, 5.74) is 0.475. The van der Waals surface area contributed by atoms with Crippen molar-refractivity contribution in [2.45, 2.75) is 52.0 Å². The van der Waals surface area contributed by atoms with Crippen LogP contribution >= 0.6 is 0 Å². The summed E-state index contributed by atoms with van der Waals surface area (Å²) in [6.07, 6.45) is 4.57. The van der Waals surface area contributed by atoms with E-state index >= 15 is 0 Å². The van der Waals surface area contributed by atoms with Crippen molar-refractivity contribution in [3.05, 3.63) is 29.8 Å². The monoisotopic (exact) mass is 429 g/mol. The predicted octanol–water partition coefficient (Wildman–Crippen LogP) is 2.70. The zero-order valence-electron chi connectivity index (χ0n) is 18.9. The first-order valence-corrected chi connectivity index (χ1v) is 11.4. The van der Waals surface area contributed by atoms with Crippen molar-refractivity contribution in [1.82, 2.24) is 15.1 Å². The molecule has 2 aliphatic heterocycles. The molecule has 2 saturated heterocycles. The van der Waals surface area contributed by atoms with E-state index in [-0.39, 0.29) is 29.6 Å². The number of hydrogen-bond acceptors (Lipinski definition) is 4. The average molecular weight is 430 g/mol. The van der Waals surface area contributed by atoms with Gasteiger partial charge in [0, 0.05) is 37.7 Å². The molecule has 31 heavy (non-hydrogen) atoms. The summed E-state index contributed by atoms with van der Waals surface area (Å²) < 4.78 is 5.23. The van der Waals surface area contributed by atoms with Crippen molar-refractivity contribution in [1.29, 1.82) is 0 Å². The summed E-state index contributed by atoms with van der Waals surface area (Å²) in [4.78, 5) is 42.6. The molecule has 1 aromatic carbocycles. The maximum Gasteiger partial charge on any atom is 0.252 e. The smallest absolute Gasteiger partial charge is 0.252 e. The molecule has 1 aromatic rings. The van der Waals surface area contributed by atoms with Crippen LogP contribution in [0, 0.1) is 11.8 Å². The minimum Gasteiger partial charge on any atom is -0.497 e. The summed E-state index contributed by atoms with van der Waals surface area (Å²) in [6, 6.07) is 6.39. The lowest BCUT2D eigenvalue weighted by molar-refractivity contribution is -0.138. The molecule has 2 aliphatic rings. The molecule has 0 saturated carbocycles. The molecule has 3 amide bonds. The predicted molar refractivity (Wildman–Crippen MR) is 119 cm³/mol. The van der Waals surface area contributed by atoms with E-state index in [9.17, 15) is 14.4 Å². The Morgan fingerprint density at radius 2 is 1.61 bits per heavy atom. The number of nitrogens with one attached hydrogen (secondary N) is 1. The van der Waals surface area contributed by atoms with Crippen LogP contribution in [0.5, 0.6) is 5.75 Å². The third-order valence-electron chi connectivity index (χ3n) is 6.37. The van der Waals surface area contributed by atoms with Crippen molar-refractivity contribution in [3.63, 3.8) is 0 Å². The van der Waals surface area contributed by atoms with Gasteiger partial charge in [0.05, 0.1) is 7.11 Å². The van der Waals surface area contributed by atoms with E-state index in [1.54, 1.807) is 31.4 Å². The lowest BCUT2D eigenvalue weighted by atomic mass is 9.87. The average Bonchev–Trinajstić information content (AvgIpc) is 2.82. The van der Waals surface area contributed by atoms with Crippen molar-refractivity contribution in [2.24, 2.45) is 11.8 Å². The topological polar surface area (TPSA) is 79.0 Å². The van der Waals surface area contributed by atoms with Gasteiger partial charge >= 0.3 is 0 Å². The first-order valence-electron chi connectivity index (χ1n) is 11.4. The molecule has 0 bridgehead atoms. The second-order valence-electron chi connectivity index (χ2n) is 8.89. The number of rotatable bonds is 6. The Kier molecular flexibility index (Phi) is 7.93. The zero-order chi connectivity index (χ0) is 22.4. The Bertz CT molecular complexity index is 781. The van der Waals surface area contributed by atoms with Gasteiger partial charge in [-0.1, -0.05) is 19.9 Å². The Morgan fingerprint density at radius 1 is 0.968 bits per heavy atom. The second-order valence-corrected chi connectivity index (χ2v) is 8.89. The fraction of sp³-hybridized carbons (Fsp3) is 0.625. The second kappa shape index (κ2) is 10.6. The standard InChI is InChI=1S/C24H35N3O4/c1-17(2)23(29)27-14-10-18(11-15-27)21(24(30)26-12-5-4-6-13-26)25-22(28)19-8-7-9-20(16-19)31-3/h7-9,16-18,21H,4-6,10-15H2,1-3H3,(H,25,28)/t21-/m1/s1. The minimum atomic E-state index is -0.576. The van der Waals surface area contributed by atoms with Gasteiger partial charge in [-0.3, -0.25) is 14.4 Å². The lowest BCUT2D eigenvalue weighted by Gasteiger charge is -2.39. The molecule has 0 aliphatic carbocycles. The molecule has 3 rings (SSSR count). The van der Waals surface area contributed by atoms with Gasteiger partial charge in [0.15, 0.2) is 0 Å². The quantitative estimate of drug-likeness (QED) is 0.754. The number of ether oxygens (including phenoxy) is 1. The van der Waals surface area contributed by atoms with Gasteiger partial charge in [-0.05, 0) is 56.2 Å². The van der Waals surface area contributed by atoms with Crippen LogP contribution in [-0.2, 0) is 9.59 Å². The van der Waals surface area contributed by atoms with Gasteiger partial charge in [0.2, 0.25) is 11.8 Å². The van der Waals surface area contributed by atoms with Crippen LogP contribution in [0.2, 0.25) is 0 Å². The zero-order valence-corrected chi connectivity index (χ0v) is 18.9. The third-order valence-corrected chi connectivity index (χ3v) is 6.37. The first kappa shape index (κ1) is 23.1. The molecule has 1 N–H and O–H groups in total. The fourth-order valence-electron chi connectivity index (χ4n) is 4.50. The van der Waals surface area contributed by atoms with Crippen molar-refractivity contribution >= 4 is 17.7 Å². The van der Waals surface area contributed by atoms with Crippen LogP contribution in [0.25, 0.3) is 0 Å². The number of carbonyl (C=O) groups excluding carboxylic acids is 3. The summed E-state index contributed by atoms with van der Waals surface area (Å²) >= 11 is 0. The number of amides is 3. The molecule has 0 spiro atoms. The molecule has 170 valence electrons. The van der Waals surface area contributed by atoms with E-state index in [1.807, 2.05) is 23.6 Å². The number of carbonyl (C=O) groups is 3. The number of methoxy groups -OCH3 is 1. The first-order chi connectivity index (χ1) is 14.9. The molecule has 7 nitrogen and oxygen atoms in total. The molecule has 0 aromatic heterocycles. The van der Waals surface area contributed by atoms with Crippen LogP contribution in [0.4, 0.5) is 0 Å². The lowest BCUT2D eigenvalue weighted by Crippen LogP contribution is -2.55. The van der Waals surface area contributed by atoms with Gasteiger partial charge < -0.3 is 19.9 Å². The fourth-order valence-corrected chi connectivity index (χ4v) is 4.50. The van der Waals surface area contributed by atoms with E-state index in [0.717, 1.165) is 32.4 Å². The molecule has 7 heteroatoms. The normalized spacial score (nSPS) is 18.6. The van der Waals surface area contributed by atoms with Gasteiger partial charge in [-0.25, -0.2) is 0 Å². The molecule has 2 heterocycles. The van der Waals surface area contributed by atoms with Crippen molar-refractivity contribution < 1.29 is 19.1 Å². The molecule has 0 unspecified atom stereocenters. The maximum atomic E-state index is 13.4. The molecular weight excluding hydrogens is 394 g/mol. The van der Waals surface area contributed by atoms with Crippen LogP contribution in [0.15, 0.2) is 24.3 Å². The van der Waals surface area contributed by atoms with Crippen LogP contribution in [0.1, 0.15) is 56.3 Å². The van der Waals surface area contributed by atoms with E-state index in [4.69, 9.17) is 4.74 Å². The highest BCUT2D eigenvalue weighted by molar-refractivity contribution is 5.98. The minimum absolute atomic E-state index is 0.00424.